The molecule has 244 valence electrons. The van der Waals surface area contributed by atoms with Gasteiger partial charge in [0.05, 0.1) is 11.4 Å². The fourth-order valence-corrected chi connectivity index (χ4v) is 6.92. The average molecular weight is 639 g/mol. The molecule has 0 unspecified atom stereocenters. The summed E-state index contributed by atoms with van der Waals surface area (Å²) in [7, 11) is 0. The van der Waals surface area contributed by atoms with Crippen molar-refractivity contribution >= 4 is 55.7 Å². The molecule has 49 heavy (non-hydrogen) atoms. The lowest BCUT2D eigenvalue weighted by atomic mass is 9.87. The van der Waals surface area contributed by atoms with Crippen molar-refractivity contribution < 1.29 is 0 Å². The van der Waals surface area contributed by atoms with Crippen LogP contribution < -0.4 is 9.80 Å². The number of fused-ring (bicyclic) bond motifs is 2. The van der Waals surface area contributed by atoms with Gasteiger partial charge in [-0.15, -0.1) is 0 Å². The molecule has 0 bridgehead atoms. The summed E-state index contributed by atoms with van der Waals surface area (Å²) in [5.41, 5.74) is 10.9. The van der Waals surface area contributed by atoms with Crippen LogP contribution in [-0.2, 0) is 10.8 Å². The summed E-state index contributed by atoms with van der Waals surface area (Å²) in [5, 5.41) is 4.82. The first kappa shape index (κ1) is 32.2. The standard InChI is InChI=1S/C47H46N2/c1-33-22-31-42-43(32-33)45(49(37-18-12-9-13-19-37)39-29-25-35(26-30-39)47(5,6)7)41-21-15-14-20-40(41)44(42)48(36-16-10-8-11-17-36)38-27-23-34(24-28-38)46(2,3)4/h8-32H,1-7H3. The van der Waals surface area contributed by atoms with E-state index in [0.29, 0.717) is 0 Å². The van der Waals surface area contributed by atoms with E-state index in [0.717, 1.165) is 22.7 Å². The summed E-state index contributed by atoms with van der Waals surface area (Å²) in [5.74, 6) is 0. The molecule has 0 saturated heterocycles. The highest BCUT2D eigenvalue weighted by Gasteiger charge is 2.26. The Balaban J connectivity index is 1.57. The molecule has 7 rings (SSSR count). The van der Waals surface area contributed by atoms with Gasteiger partial charge in [0, 0.05) is 44.3 Å². The Labute approximate surface area is 292 Å². The second-order valence-corrected chi connectivity index (χ2v) is 15.2. The van der Waals surface area contributed by atoms with Gasteiger partial charge in [0.2, 0.25) is 0 Å². The number of anilines is 6. The zero-order chi connectivity index (χ0) is 34.3. The lowest BCUT2D eigenvalue weighted by molar-refractivity contribution is 0.590. The van der Waals surface area contributed by atoms with Gasteiger partial charge in [-0.2, -0.15) is 0 Å². The minimum atomic E-state index is 0.0697. The van der Waals surface area contributed by atoms with Gasteiger partial charge in [0.25, 0.3) is 0 Å². The summed E-state index contributed by atoms with van der Waals surface area (Å²) in [6.45, 7) is 15.8. The van der Waals surface area contributed by atoms with Crippen LogP contribution in [0.2, 0.25) is 0 Å². The van der Waals surface area contributed by atoms with Crippen molar-refractivity contribution in [1.82, 2.24) is 0 Å². The van der Waals surface area contributed by atoms with Gasteiger partial charge in [-0.1, -0.05) is 144 Å². The molecular formula is C47H46N2. The van der Waals surface area contributed by atoms with Crippen LogP contribution in [0.25, 0.3) is 21.5 Å². The van der Waals surface area contributed by atoms with Gasteiger partial charge in [-0.3, -0.25) is 0 Å². The topological polar surface area (TPSA) is 6.48 Å². The maximum atomic E-state index is 2.45. The maximum absolute atomic E-state index is 2.45. The highest BCUT2D eigenvalue weighted by molar-refractivity contribution is 6.23. The Morgan fingerprint density at radius 2 is 0.694 bits per heavy atom. The maximum Gasteiger partial charge on any atom is 0.0620 e. The molecule has 0 aliphatic rings. The van der Waals surface area contributed by atoms with Gasteiger partial charge in [0.1, 0.15) is 0 Å². The molecule has 2 heteroatoms. The quantitative estimate of drug-likeness (QED) is 0.132. The van der Waals surface area contributed by atoms with E-state index in [1.165, 1.54) is 49.6 Å². The average Bonchev–Trinajstić information content (AvgIpc) is 3.10. The third-order valence-electron chi connectivity index (χ3n) is 9.58. The number of rotatable bonds is 6. The first-order valence-electron chi connectivity index (χ1n) is 17.4. The Morgan fingerprint density at radius 1 is 0.347 bits per heavy atom. The highest BCUT2D eigenvalue weighted by Crippen LogP contribution is 2.51. The first-order chi connectivity index (χ1) is 23.5. The molecule has 0 saturated carbocycles. The van der Waals surface area contributed by atoms with Crippen LogP contribution in [0.3, 0.4) is 0 Å². The van der Waals surface area contributed by atoms with Crippen molar-refractivity contribution in [2.24, 2.45) is 0 Å². The predicted octanol–water partition coefficient (Wildman–Crippen LogP) is 13.8. The third kappa shape index (κ3) is 6.20. The highest BCUT2D eigenvalue weighted by atomic mass is 15.2. The van der Waals surface area contributed by atoms with Crippen molar-refractivity contribution in [3.8, 4) is 0 Å². The van der Waals surface area contributed by atoms with Crippen molar-refractivity contribution in [2.45, 2.75) is 59.3 Å². The molecule has 0 spiro atoms. The monoisotopic (exact) mass is 638 g/mol. The van der Waals surface area contributed by atoms with Crippen molar-refractivity contribution in [3.63, 3.8) is 0 Å². The van der Waals surface area contributed by atoms with Crippen molar-refractivity contribution in [2.75, 3.05) is 9.80 Å². The Kier molecular flexibility index (Phi) is 8.28. The molecule has 7 aromatic carbocycles. The second-order valence-electron chi connectivity index (χ2n) is 15.2. The normalized spacial score (nSPS) is 12.0. The number of nitrogens with zero attached hydrogens (tertiary/aromatic N) is 2. The molecule has 0 radical (unpaired) electrons. The molecule has 0 aliphatic heterocycles. The van der Waals surface area contributed by atoms with Crippen LogP contribution in [0, 0.1) is 6.92 Å². The van der Waals surface area contributed by atoms with Crippen molar-refractivity contribution in [3.05, 3.63) is 168 Å². The zero-order valence-corrected chi connectivity index (χ0v) is 29.8. The summed E-state index contributed by atoms with van der Waals surface area (Å²) >= 11 is 0. The van der Waals surface area contributed by atoms with Gasteiger partial charge in [-0.05, 0) is 83.5 Å². The number of hydrogen-bond donors (Lipinski definition) is 0. The lowest BCUT2D eigenvalue weighted by Crippen LogP contribution is -2.16. The summed E-state index contributed by atoms with van der Waals surface area (Å²) in [6, 6.07) is 55.7. The Hall–Kier alpha value is -5.34. The minimum absolute atomic E-state index is 0.0697. The van der Waals surface area contributed by atoms with Gasteiger partial charge < -0.3 is 9.80 Å². The van der Waals surface area contributed by atoms with Crippen LogP contribution in [0.15, 0.2) is 152 Å². The molecular weight excluding hydrogens is 593 g/mol. The van der Waals surface area contributed by atoms with Crippen LogP contribution in [0.4, 0.5) is 34.1 Å². The van der Waals surface area contributed by atoms with E-state index in [4.69, 9.17) is 0 Å². The Morgan fingerprint density at radius 3 is 1.10 bits per heavy atom. The van der Waals surface area contributed by atoms with Crippen molar-refractivity contribution in [1.29, 1.82) is 0 Å². The molecule has 0 amide bonds. The first-order valence-corrected chi connectivity index (χ1v) is 17.4. The molecule has 2 nitrogen and oxygen atoms in total. The smallest absolute Gasteiger partial charge is 0.0620 e. The molecule has 0 aliphatic carbocycles. The van der Waals surface area contributed by atoms with E-state index < -0.39 is 0 Å². The third-order valence-corrected chi connectivity index (χ3v) is 9.58. The zero-order valence-electron chi connectivity index (χ0n) is 29.8. The van der Waals surface area contributed by atoms with E-state index in [1.54, 1.807) is 0 Å². The van der Waals surface area contributed by atoms with Gasteiger partial charge >= 0.3 is 0 Å². The van der Waals surface area contributed by atoms with E-state index in [-0.39, 0.29) is 10.8 Å². The van der Waals surface area contributed by atoms with E-state index in [2.05, 4.69) is 210 Å². The number of benzene rings is 7. The van der Waals surface area contributed by atoms with Gasteiger partial charge in [0.15, 0.2) is 0 Å². The van der Waals surface area contributed by atoms with E-state index in [9.17, 15) is 0 Å². The number of aryl methyl sites for hydroxylation is 1. The second kappa shape index (κ2) is 12.6. The van der Waals surface area contributed by atoms with Gasteiger partial charge in [-0.25, -0.2) is 0 Å². The minimum Gasteiger partial charge on any atom is -0.309 e. The summed E-state index contributed by atoms with van der Waals surface area (Å²) in [6.07, 6.45) is 0. The molecule has 0 fully saturated rings. The summed E-state index contributed by atoms with van der Waals surface area (Å²) in [4.78, 5) is 4.90. The van der Waals surface area contributed by atoms with Crippen LogP contribution in [0.5, 0.6) is 0 Å². The fourth-order valence-electron chi connectivity index (χ4n) is 6.92. The number of para-hydroxylation sites is 2. The largest absolute Gasteiger partial charge is 0.309 e. The molecule has 0 N–H and O–H groups in total. The van der Waals surface area contributed by atoms with E-state index >= 15 is 0 Å². The molecule has 0 heterocycles. The van der Waals surface area contributed by atoms with Crippen LogP contribution >= 0.6 is 0 Å². The Bertz CT molecular complexity index is 2220. The van der Waals surface area contributed by atoms with E-state index in [1.807, 2.05) is 0 Å². The number of hydrogen-bond acceptors (Lipinski definition) is 2. The van der Waals surface area contributed by atoms with Crippen LogP contribution in [0.1, 0.15) is 58.2 Å². The SMILES string of the molecule is Cc1ccc2c(N(c3ccccc3)c3ccc(C(C)(C)C)cc3)c3ccccc3c(N(c3ccccc3)c3ccc(C(C)(C)C)cc3)c2c1. The van der Waals surface area contributed by atoms with Crippen LogP contribution in [-0.4, -0.2) is 0 Å². The fraction of sp³-hybridized carbons (Fsp3) is 0.191. The molecule has 7 aromatic rings. The molecule has 0 atom stereocenters. The predicted molar refractivity (Wildman–Crippen MR) is 213 cm³/mol. The lowest BCUT2D eigenvalue weighted by Gasteiger charge is -2.33. The summed E-state index contributed by atoms with van der Waals surface area (Å²) < 4.78 is 0. The molecule has 0 aromatic heterocycles.